The van der Waals surface area contributed by atoms with E-state index in [1.807, 2.05) is 36.6 Å². The number of hydrogen-bond donors (Lipinski definition) is 1. The Morgan fingerprint density at radius 2 is 2.00 bits per heavy atom. The molecule has 2 aromatic rings. The zero-order valence-corrected chi connectivity index (χ0v) is 8.01. The first kappa shape index (κ1) is 8.31. The molecule has 0 aliphatic rings. The second-order valence-corrected chi connectivity index (χ2v) is 3.31. The molecule has 0 unspecified atom stereocenters. The number of nitrogens with zero attached hydrogens (tertiary/aromatic N) is 2. The Bertz CT molecular complexity index is 383. The Hall–Kier alpha value is -1.29. The molecule has 0 saturated heterocycles. The van der Waals surface area contributed by atoms with Crippen LogP contribution in [0.2, 0.25) is 0 Å². The van der Waals surface area contributed by atoms with Gasteiger partial charge in [0, 0.05) is 5.56 Å². The van der Waals surface area contributed by atoms with Crippen LogP contribution < -0.4 is 0 Å². The maximum Gasteiger partial charge on any atom is 0.208 e. The van der Waals surface area contributed by atoms with Gasteiger partial charge in [0.2, 0.25) is 5.16 Å². The SMILES string of the molecule is CSc1n[nH]c(-c2ccccc2)n1. The molecule has 4 heteroatoms. The Morgan fingerprint density at radius 3 is 2.62 bits per heavy atom. The first-order valence-corrected chi connectivity index (χ1v) is 5.14. The van der Waals surface area contributed by atoms with Crippen molar-refractivity contribution in [3.05, 3.63) is 30.3 Å². The molecule has 0 saturated carbocycles. The second kappa shape index (κ2) is 3.62. The van der Waals surface area contributed by atoms with Crippen molar-refractivity contribution >= 4 is 11.8 Å². The molecule has 3 nitrogen and oxygen atoms in total. The van der Waals surface area contributed by atoms with Crippen molar-refractivity contribution in [3.8, 4) is 11.4 Å². The van der Waals surface area contributed by atoms with Crippen LogP contribution in [0.1, 0.15) is 0 Å². The minimum atomic E-state index is 0.777. The van der Waals surface area contributed by atoms with Gasteiger partial charge < -0.3 is 0 Å². The number of thioether (sulfide) groups is 1. The van der Waals surface area contributed by atoms with Crippen molar-refractivity contribution in [3.63, 3.8) is 0 Å². The van der Waals surface area contributed by atoms with Crippen molar-refractivity contribution in [2.75, 3.05) is 6.26 Å². The van der Waals surface area contributed by atoms with E-state index in [4.69, 9.17) is 0 Å². The van der Waals surface area contributed by atoms with Crippen molar-refractivity contribution in [2.45, 2.75) is 5.16 Å². The van der Waals surface area contributed by atoms with E-state index in [2.05, 4.69) is 15.2 Å². The zero-order chi connectivity index (χ0) is 9.10. The minimum absolute atomic E-state index is 0.777. The van der Waals surface area contributed by atoms with Crippen LogP contribution in [0.25, 0.3) is 11.4 Å². The summed E-state index contributed by atoms with van der Waals surface area (Å²) in [7, 11) is 0. The van der Waals surface area contributed by atoms with Crippen LogP contribution in [0.3, 0.4) is 0 Å². The lowest BCUT2D eigenvalue weighted by Gasteiger charge is -1.92. The zero-order valence-electron chi connectivity index (χ0n) is 7.19. The molecule has 1 aromatic heterocycles. The third-order valence-electron chi connectivity index (χ3n) is 1.69. The van der Waals surface area contributed by atoms with E-state index >= 15 is 0 Å². The maximum absolute atomic E-state index is 4.30. The summed E-state index contributed by atoms with van der Waals surface area (Å²) in [6.07, 6.45) is 1.96. The third kappa shape index (κ3) is 1.72. The van der Waals surface area contributed by atoms with E-state index in [0.717, 1.165) is 16.5 Å². The second-order valence-electron chi connectivity index (χ2n) is 2.54. The van der Waals surface area contributed by atoms with Gasteiger partial charge in [-0.05, 0) is 6.26 Å². The van der Waals surface area contributed by atoms with Gasteiger partial charge in [-0.25, -0.2) is 4.98 Å². The normalized spacial score (nSPS) is 10.2. The molecule has 1 heterocycles. The molecule has 1 aromatic carbocycles. The van der Waals surface area contributed by atoms with Crippen LogP contribution in [-0.4, -0.2) is 21.4 Å². The lowest BCUT2D eigenvalue weighted by molar-refractivity contribution is 0.976. The smallest absolute Gasteiger partial charge is 0.208 e. The molecule has 1 N–H and O–H groups in total. The molecule has 13 heavy (non-hydrogen) atoms. The highest BCUT2D eigenvalue weighted by Crippen LogP contribution is 2.16. The number of aromatic amines is 1. The van der Waals surface area contributed by atoms with Crippen molar-refractivity contribution < 1.29 is 0 Å². The molecule has 0 radical (unpaired) electrons. The van der Waals surface area contributed by atoms with Crippen molar-refractivity contribution in [1.82, 2.24) is 15.2 Å². The van der Waals surface area contributed by atoms with E-state index in [9.17, 15) is 0 Å². The van der Waals surface area contributed by atoms with Gasteiger partial charge in [0.05, 0.1) is 0 Å². The Balaban J connectivity index is 2.36. The van der Waals surface area contributed by atoms with Crippen molar-refractivity contribution in [1.29, 1.82) is 0 Å². The third-order valence-corrected chi connectivity index (χ3v) is 2.24. The summed E-state index contributed by atoms with van der Waals surface area (Å²) in [5, 5.41) is 7.71. The molecule has 0 fully saturated rings. The topological polar surface area (TPSA) is 41.6 Å². The molecule has 2 rings (SSSR count). The van der Waals surface area contributed by atoms with E-state index in [0.29, 0.717) is 0 Å². The summed E-state index contributed by atoms with van der Waals surface area (Å²) in [6.45, 7) is 0. The summed E-state index contributed by atoms with van der Waals surface area (Å²) in [5.74, 6) is 0.824. The van der Waals surface area contributed by atoms with Crippen LogP contribution in [-0.2, 0) is 0 Å². The average molecular weight is 191 g/mol. The number of aromatic nitrogens is 3. The first-order chi connectivity index (χ1) is 6.40. The van der Waals surface area contributed by atoms with Crippen LogP contribution in [0, 0.1) is 0 Å². The summed E-state index contributed by atoms with van der Waals surface area (Å²) in [6, 6.07) is 9.96. The number of benzene rings is 1. The maximum atomic E-state index is 4.30. The molecule has 66 valence electrons. The first-order valence-electron chi connectivity index (χ1n) is 3.92. The molecule has 0 aliphatic carbocycles. The fourth-order valence-electron chi connectivity index (χ4n) is 1.06. The highest BCUT2D eigenvalue weighted by Gasteiger charge is 2.02. The average Bonchev–Trinajstić information content (AvgIpc) is 2.67. The van der Waals surface area contributed by atoms with Crippen LogP contribution in [0.4, 0.5) is 0 Å². The quantitative estimate of drug-likeness (QED) is 0.740. The predicted octanol–water partition coefficient (Wildman–Crippen LogP) is 2.19. The largest absolute Gasteiger partial charge is 0.258 e. The van der Waals surface area contributed by atoms with E-state index < -0.39 is 0 Å². The Kier molecular flexibility index (Phi) is 2.31. The fraction of sp³-hybridized carbons (Fsp3) is 0.111. The fourth-order valence-corrected chi connectivity index (χ4v) is 1.38. The van der Waals surface area contributed by atoms with Gasteiger partial charge in [-0.1, -0.05) is 42.1 Å². The van der Waals surface area contributed by atoms with Crippen LogP contribution in [0.5, 0.6) is 0 Å². The van der Waals surface area contributed by atoms with Crippen LogP contribution in [0.15, 0.2) is 35.5 Å². The van der Waals surface area contributed by atoms with Crippen LogP contribution >= 0.6 is 11.8 Å². The predicted molar refractivity (Wildman–Crippen MR) is 53.6 cm³/mol. The summed E-state index contributed by atoms with van der Waals surface area (Å²) < 4.78 is 0. The lowest BCUT2D eigenvalue weighted by Crippen LogP contribution is -1.78. The van der Waals surface area contributed by atoms with Gasteiger partial charge in [0.25, 0.3) is 0 Å². The van der Waals surface area contributed by atoms with Gasteiger partial charge in [0.15, 0.2) is 5.82 Å². The molecular formula is C9H9N3S. The standard InChI is InChI=1S/C9H9N3S/c1-13-9-10-8(11-12-9)7-5-3-2-4-6-7/h2-6H,1H3,(H,10,11,12). The Morgan fingerprint density at radius 1 is 1.23 bits per heavy atom. The molecule has 0 atom stereocenters. The number of H-pyrrole nitrogens is 1. The van der Waals surface area contributed by atoms with Gasteiger partial charge in [0.1, 0.15) is 0 Å². The molecule has 0 amide bonds. The van der Waals surface area contributed by atoms with Gasteiger partial charge in [-0.2, -0.15) is 0 Å². The molecule has 0 bridgehead atoms. The van der Waals surface area contributed by atoms with E-state index in [-0.39, 0.29) is 0 Å². The van der Waals surface area contributed by atoms with E-state index in [1.165, 1.54) is 11.8 Å². The van der Waals surface area contributed by atoms with Gasteiger partial charge >= 0.3 is 0 Å². The summed E-state index contributed by atoms with van der Waals surface area (Å²) >= 11 is 1.53. The van der Waals surface area contributed by atoms with Gasteiger partial charge in [-0.3, -0.25) is 5.10 Å². The van der Waals surface area contributed by atoms with Gasteiger partial charge in [-0.15, -0.1) is 5.10 Å². The highest BCUT2D eigenvalue weighted by molar-refractivity contribution is 7.98. The molecule has 0 spiro atoms. The van der Waals surface area contributed by atoms with Crippen molar-refractivity contribution in [2.24, 2.45) is 0 Å². The number of rotatable bonds is 2. The lowest BCUT2D eigenvalue weighted by atomic mass is 10.2. The monoisotopic (exact) mass is 191 g/mol. The van der Waals surface area contributed by atoms with E-state index in [1.54, 1.807) is 0 Å². The minimum Gasteiger partial charge on any atom is -0.258 e. The number of nitrogens with one attached hydrogen (secondary N) is 1. The summed E-state index contributed by atoms with van der Waals surface area (Å²) in [4.78, 5) is 4.30. The molecule has 0 aliphatic heterocycles. The Labute approximate surface area is 80.6 Å². The highest BCUT2D eigenvalue weighted by atomic mass is 32.2. The number of hydrogen-bond acceptors (Lipinski definition) is 3. The summed E-state index contributed by atoms with van der Waals surface area (Å²) in [5.41, 5.74) is 1.07. The molecular weight excluding hydrogens is 182 g/mol.